The summed E-state index contributed by atoms with van der Waals surface area (Å²) in [6.45, 7) is 0.218. The molecule has 156 valence electrons. The van der Waals surface area contributed by atoms with Crippen LogP contribution in [0.25, 0.3) is 17.4 Å². The van der Waals surface area contributed by atoms with Gasteiger partial charge in [-0.05, 0) is 30.7 Å². The number of thiocarbonyl (C=S) groups is 1. The zero-order valence-electron chi connectivity index (χ0n) is 15.7. The van der Waals surface area contributed by atoms with Gasteiger partial charge in [0.1, 0.15) is 21.6 Å². The lowest BCUT2D eigenvalue weighted by atomic mass is 10.1. The summed E-state index contributed by atoms with van der Waals surface area (Å²) in [6.07, 6.45) is 1.74. The van der Waals surface area contributed by atoms with Crippen molar-refractivity contribution in [3.05, 3.63) is 51.1 Å². The fourth-order valence-corrected chi connectivity index (χ4v) is 4.07. The summed E-state index contributed by atoms with van der Waals surface area (Å²) in [6, 6.07) is 7.60. The average Bonchev–Trinajstić information content (AvgIpc) is 3.27. The number of nitro benzene ring substituents is 1. The number of benzene rings is 1. The van der Waals surface area contributed by atoms with Crippen molar-refractivity contribution in [3.8, 4) is 17.1 Å². The lowest BCUT2D eigenvalue weighted by Gasteiger charge is -2.13. The lowest BCUT2D eigenvalue weighted by Crippen LogP contribution is -2.29. The molecule has 0 unspecified atom stereocenters. The van der Waals surface area contributed by atoms with Gasteiger partial charge >= 0.3 is 5.97 Å². The number of rotatable bonds is 8. The fourth-order valence-electron chi connectivity index (χ4n) is 2.78. The Labute approximate surface area is 180 Å². The van der Waals surface area contributed by atoms with Crippen LogP contribution in [-0.4, -0.2) is 44.8 Å². The van der Waals surface area contributed by atoms with Crippen LogP contribution >= 0.6 is 24.0 Å². The van der Waals surface area contributed by atoms with Gasteiger partial charge in [0, 0.05) is 19.0 Å². The minimum Gasteiger partial charge on any atom is -0.497 e. The predicted molar refractivity (Wildman–Crippen MR) is 114 cm³/mol. The third kappa shape index (κ3) is 4.69. The van der Waals surface area contributed by atoms with E-state index in [-0.39, 0.29) is 35.9 Å². The molecule has 11 heteroatoms. The van der Waals surface area contributed by atoms with Crippen molar-refractivity contribution >= 4 is 51.9 Å². The van der Waals surface area contributed by atoms with Crippen LogP contribution in [-0.2, 0) is 9.59 Å². The van der Waals surface area contributed by atoms with E-state index in [1.54, 1.807) is 18.2 Å². The van der Waals surface area contributed by atoms with E-state index in [1.165, 1.54) is 30.2 Å². The van der Waals surface area contributed by atoms with Crippen molar-refractivity contribution in [3.63, 3.8) is 0 Å². The molecule has 0 saturated carbocycles. The summed E-state index contributed by atoms with van der Waals surface area (Å²) >= 11 is 6.29. The number of methoxy groups -OCH3 is 1. The lowest BCUT2D eigenvalue weighted by molar-refractivity contribution is -0.384. The number of carbonyl (C=O) groups excluding carboxylic acids is 1. The summed E-state index contributed by atoms with van der Waals surface area (Å²) in [4.78, 5) is 35.7. The molecule has 0 atom stereocenters. The first-order valence-electron chi connectivity index (χ1n) is 8.70. The minimum absolute atomic E-state index is 0.0572. The molecule has 0 spiro atoms. The number of carboxylic acid groups (broad SMARTS) is 1. The van der Waals surface area contributed by atoms with Crippen molar-refractivity contribution in [2.75, 3.05) is 13.7 Å². The highest BCUT2D eigenvalue weighted by atomic mass is 32.2. The number of amides is 1. The predicted octanol–water partition coefficient (Wildman–Crippen LogP) is 3.93. The summed E-state index contributed by atoms with van der Waals surface area (Å²) in [7, 11) is 1.42. The smallest absolute Gasteiger partial charge is 0.303 e. The normalized spacial score (nSPS) is 15.1. The number of nitro groups is 1. The summed E-state index contributed by atoms with van der Waals surface area (Å²) in [5, 5.41) is 20.1. The standard InChI is InChI=1S/C19H16N2O7S2/c1-27-11-4-6-13(14(9-11)21(25)26)15-7-5-12(28-15)10-16-18(24)20(19(29)30-16)8-2-3-17(22)23/h4-7,9-10H,2-3,8H2,1H3,(H,22,23). The molecular formula is C19H16N2O7S2. The van der Waals surface area contributed by atoms with Gasteiger partial charge in [-0.15, -0.1) is 0 Å². The van der Waals surface area contributed by atoms with E-state index < -0.39 is 10.9 Å². The van der Waals surface area contributed by atoms with E-state index in [0.29, 0.717) is 27.2 Å². The molecule has 1 aromatic heterocycles. The van der Waals surface area contributed by atoms with Gasteiger partial charge in [0.25, 0.3) is 11.6 Å². The number of hydrogen-bond acceptors (Lipinski definition) is 8. The minimum atomic E-state index is -0.938. The quantitative estimate of drug-likeness (QED) is 0.277. The molecule has 0 aliphatic carbocycles. The van der Waals surface area contributed by atoms with E-state index in [9.17, 15) is 19.7 Å². The van der Waals surface area contributed by atoms with Crippen molar-refractivity contribution in [1.82, 2.24) is 4.90 Å². The number of carboxylic acids is 1. The highest BCUT2D eigenvalue weighted by Crippen LogP contribution is 2.36. The molecule has 30 heavy (non-hydrogen) atoms. The van der Waals surface area contributed by atoms with Crippen LogP contribution in [0.3, 0.4) is 0 Å². The van der Waals surface area contributed by atoms with Gasteiger partial charge in [-0.25, -0.2) is 0 Å². The largest absolute Gasteiger partial charge is 0.497 e. The first kappa shape index (κ1) is 21.5. The molecule has 9 nitrogen and oxygen atoms in total. The third-order valence-electron chi connectivity index (χ3n) is 4.21. The van der Waals surface area contributed by atoms with Crippen LogP contribution in [0.15, 0.2) is 39.7 Å². The van der Waals surface area contributed by atoms with E-state index in [1.807, 2.05) is 0 Å². The molecule has 2 aromatic rings. The van der Waals surface area contributed by atoms with Gasteiger partial charge in [0.15, 0.2) is 0 Å². The first-order chi connectivity index (χ1) is 14.3. The Morgan fingerprint density at radius 1 is 1.40 bits per heavy atom. The van der Waals surface area contributed by atoms with Gasteiger partial charge in [-0.1, -0.05) is 24.0 Å². The number of ether oxygens (including phenoxy) is 1. The maximum absolute atomic E-state index is 12.5. The van der Waals surface area contributed by atoms with Gasteiger partial charge in [-0.2, -0.15) is 0 Å². The number of carbonyl (C=O) groups is 2. The van der Waals surface area contributed by atoms with Gasteiger partial charge in [0.05, 0.1) is 28.6 Å². The summed E-state index contributed by atoms with van der Waals surface area (Å²) in [5.74, 6) is -0.312. The van der Waals surface area contributed by atoms with Crippen LogP contribution in [0.2, 0.25) is 0 Å². The van der Waals surface area contributed by atoms with Crippen molar-refractivity contribution in [1.29, 1.82) is 0 Å². The highest BCUT2D eigenvalue weighted by Gasteiger charge is 2.32. The van der Waals surface area contributed by atoms with Gasteiger partial charge in [-0.3, -0.25) is 24.6 Å². The molecule has 1 aliphatic rings. The Morgan fingerprint density at radius 3 is 2.83 bits per heavy atom. The maximum atomic E-state index is 12.5. The van der Waals surface area contributed by atoms with Crippen LogP contribution in [0.4, 0.5) is 5.69 Å². The SMILES string of the molecule is COc1ccc(-c2ccc(C=C3SC(=S)N(CCCC(=O)O)C3=O)o2)c([N+](=O)[O-])c1. The molecule has 1 amide bonds. The summed E-state index contributed by atoms with van der Waals surface area (Å²) < 4.78 is 11.1. The van der Waals surface area contributed by atoms with E-state index in [0.717, 1.165) is 11.8 Å². The molecule has 1 saturated heterocycles. The van der Waals surface area contributed by atoms with Crippen molar-refractivity contribution in [2.24, 2.45) is 0 Å². The zero-order valence-corrected chi connectivity index (χ0v) is 17.3. The Bertz CT molecular complexity index is 1060. The van der Waals surface area contributed by atoms with Crippen LogP contribution in [0.5, 0.6) is 5.75 Å². The Kier molecular flexibility index (Phi) is 6.53. The highest BCUT2D eigenvalue weighted by molar-refractivity contribution is 8.26. The molecule has 1 N–H and O–H groups in total. The van der Waals surface area contributed by atoms with Crippen LogP contribution in [0.1, 0.15) is 18.6 Å². The second kappa shape index (κ2) is 9.09. The monoisotopic (exact) mass is 448 g/mol. The summed E-state index contributed by atoms with van der Waals surface area (Å²) in [5.41, 5.74) is 0.113. The number of furan rings is 1. The molecule has 0 bridgehead atoms. The van der Waals surface area contributed by atoms with Gasteiger partial charge < -0.3 is 14.3 Å². The second-order valence-corrected chi connectivity index (χ2v) is 7.85. The number of nitrogens with zero attached hydrogens (tertiary/aromatic N) is 2. The van der Waals surface area contributed by atoms with Crippen molar-refractivity contribution in [2.45, 2.75) is 12.8 Å². The molecule has 1 fully saturated rings. The molecule has 0 radical (unpaired) electrons. The maximum Gasteiger partial charge on any atom is 0.303 e. The fraction of sp³-hybridized carbons (Fsp3) is 0.211. The first-order valence-corrected chi connectivity index (χ1v) is 9.92. The molecule has 1 aliphatic heterocycles. The molecule has 2 heterocycles. The van der Waals surface area contributed by atoms with Crippen molar-refractivity contribution < 1.29 is 28.8 Å². The topological polar surface area (TPSA) is 123 Å². The Hall–Kier alpha value is -3.18. The number of aliphatic carboxylic acids is 1. The Morgan fingerprint density at radius 2 is 2.17 bits per heavy atom. The number of hydrogen-bond donors (Lipinski definition) is 1. The van der Waals surface area contributed by atoms with E-state index >= 15 is 0 Å². The Balaban J connectivity index is 1.81. The van der Waals surface area contributed by atoms with Gasteiger partial charge in [0.2, 0.25) is 0 Å². The number of thioether (sulfide) groups is 1. The third-order valence-corrected chi connectivity index (χ3v) is 5.59. The molecule has 3 rings (SSSR count). The average molecular weight is 448 g/mol. The second-order valence-electron chi connectivity index (χ2n) is 6.17. The molecular weight excluding hydrogens is 432 g/mol. The van der Waals surface area contributed by atoms with E-state index in [2.05, 4.69) is 0 Å². The van der Waals surface area contributed by atoms with E-state index in [4.69, 9.17) is 26.5 Å². The van der Waals surface area contributed by atoms with Crippen LogP contribution in [0, 0.1) is 10.1 Å². The molecule has 1 aromatic carbocycles. The zero-order chi connectivity index (χ0) is 21.8. The van der Waals surface area contributed by atoms with Crippen LogP contribution < -0.4 is 4.74 Å².